The predicted molar refractivity (Wildman–Crippen MR) is 73.3 cm³/mol. The van der Waals surface area contributed by atoms with Crippen LogP contribution in [0.25, 0.3) is 0 Å². The third-order valence-electron chi connectivity index (χ3n) is 2.81. The number of ether oxygens (including phenoxy) is 1. The summed E-state index contributed by atoms with van der Waals surface area (Å²) in [7, 11) is 0. The second-order valence-corrected chi connectivity index (χ2v) is 4.43. The standard InChI is InChI=1S/C13H24N2O5/c1-4-15(9-11(16)20-5-2)13(19)14-8-6-7-10(3)12(17)18/h10H,4-9H2,1-3H3,(H,14,19)(H,17,18). The lowest BCUT2D eigenvalue weighted by Gasteiger charge is -2.20. The number of carboxylic acids is 1. The van der Waals surface area contributed by atoms with Gasteiger partial charge in [-0.05, 0) is 26.7 Å². The van der Waals surface area contributed by atoms with Gasteiger partial charge < -0.3 is 20.1 Å². The van der Waals surface area contributed by atoms with Crippen molar-refractivity contribution < 1.29 is 24.2 Å². The van der Waals surface area contributed by atoms with Gasteiger partial charge in [0, 0.05) is 13.1 Å². The molecule has 0 heterocycles. The lowest BCUT2D eigenvalue weighted by Crippen LogP contribution is -2.43. The number of hydrogen-bond acceptors (Lipinski definition) is 4. The van der Waals surface area contributed by atoms with E-state index in [1.165, 1.54) is 4.90 Å². The van der Waals surface area contributed by atoms with Crippen LogP contribution < -0.4 is 5.32 Å². The Morgan fingerprint density at radius 1 is 1.30 bits per heavy atom. The minimum Gasteiger partial charge on any atom is -0.481 e. The first-order chi connectivity index (χ1) is 9.42. The van der Waals surface area contributed by atoms with Crippen molar-refractivity contribution in [1.82, 2.24) is 10.2 Å². The molecule has 1 unspecified atom stereocenters. The van der Waals surface area contributed by atoms with Gasteiger partial charge in [0.2, 0.25) is 0 Å². The number of rotatable bonds is 9. The number of nitrogens with one attached hydrogen (secondary N) is 1. The molecule has 0 saturated heterocycles. The van der Waals surface area contributed by atoms with E-state index in [0.717, 1.165) is 0 Å². The minimum atomic E-state index is -0.839. The lowest BCUT2D eigenvalue weighted by atomic mass is 10.1. The Hall–Kier alpha value is -1.79. The van der Waals surface area contributed by atoms with Crippen LogP contribution in [0.1, 0.15) is 33.6 Å². The van der Waals surface area contributed by atoms with Crippen molar-refractivity contribution >= 4 is 18.0 Å². The molecule has 0 aliphatic rings. The van der Waals surface area contributed by atoms with Crippen molar-refractivity contribution in [3.8, 4) is 0 Å². The van der Waals surface area contributed by atoms with Crippen molar-refractivity contribution in [2.45, 2.75) is 33.6 Å². The number of carbonyl (C=O) groups excluding carboxylic acids is 2. The summed E-state index contributed by atoms with van der Waals surface area (Å²) in [6.07, 6.45) is 1.08. The van der Waals surface area contributed by atoms with E-state index in [4.69, 9.17) is 9.84 Å². The van der Waals surface area contributed by atoms with Crippen LogP contribution in [0.3, 0.4) is 0 Å². The molecule has 0 fully saturated rings. The highest BCUT2D eigenvalue weighted by Crippen LogP contribution is 2.04. The van der Waals surface area contributed by atoms with Gasteiger partial charge in [0.05, 0.1) is 12.5 Å². The Balaban J connectivity index is 3.98. The van der Waals surface area contributed by atoms with E-state index in [1.807, 2.05) is 0 Å². The molecule has 0 aromatic heterocycles. The fourth-order valence-corrected chi connectivity index (χ4v) is 1.53. The van der Waals surface area contributed by atoms with E-state index in [-0.39, 0.29) is 19.2 Å². The van der Waals surface area contributed by atoms with Crippen molar-refractivity contribution in [2.24, 2.45) is 5.92 Å². The minimum absolute atomic E-state index is 0.0816. The second kappa shape index (κ2) is 10.1. The molecule has 0 spiro atoms. The molecule has 2 amide bonds. The highest BCUT2D eigenvalue weighted by Gasteiger charge is 2.16. The summed E-state index contributed by atoms with van der Waals surface area (Å²) in [6, 6.07) is -0.344. The molecule has 0 radical (unpaired) electrons. The first kappa shape index (κ1) is 18.2. The SMILES string of the molecule is CCOC(=O)CN(CC)C(=O)NCCCC(C)C(=O)O. The predicted octanol–water partition coefficient (Wildman–Crippen LogP) is 1.08. The van der Waals surface area contributed by atoms with Crippen LogP contribution in [0.5, 0.6) is 0 Å². The maximum absolute atomic E-state index is 11.8. The fraction of sp³-hybridized carbons (Fsp3) is 0.769. The van der Waals surface area contributed by atoms with Gasteiger partial charge in [0.15, 0.2) is 0 Å². The normalized spacial score (nSPS) is 11.6. The topological polar surface area (TPSA) is 95.9 Å². The van der Waals surface area contributed by atoms with E-state index in [0.29, 0.717) is 25.9 Å². The molecule has 0 aromatic carbocycles. The summed E-state index contributed by atoms with van der Waals surface area (Å²) in [5.41, 5.74) is 0. The van der Waals surface area contributed by atoms with E-state index in [1.54, 1.807) is 20.8 Å². The van der Waals surface area contributed by atoms with Crippen LogP contribution in [-0.4, -0.2) is 54.2 Å². The number of carboxylic acid groups (broad SMARTS) is 1. The average molecular weight is 288 g/mol. The van der Waals surface area contributed by atoms with Crippen LogP contribution in [0.4, 0.5) is 4.79 Å². The van der Waals surface area contributed by atoms with Crippen LogP contribution in [0.15, 0.2) is 0 Å². The van der Waals surface area contributed by atoms with Crippen molar-refractivity contribution in [3.05, 3.63) is 0 Å². The fourth-order valence-electron chi connectivity index (χ4n) is 1.53. The lowest BCUT2D eigenvalue weighted by molar-refractivity contribution is -0.144. The maximum atomic E-state index is 11.8. The van der Waals surface area contributed by atoms with E-state index >= 15 is 0 Å². The quantitative estimate of drug-likeness (QED) is 0.489. The number of likely N-dealkylation sites (N-methyl/N-ethyl adjacent to an activating group) is 1. The monoisotopic (exact) mass is 288 g/mol. The van der Waals surface area contributed by atoms with E-state index in [2.05, 4.69) is 5.32 Å². The number of aliphatic carboxylic acids is 1. The first-order valence-electron chi connectivity index (χ1n) is 6.83. The van der Waals surface area contributed by atoms with Gasteiger partial charge in [0.25, 0.3) is 0 Å². The van der Waals surface area contributed by atoms with Gasteiger partial charge in [-0.2, -0.15) is 0 Å². The molecule has 0 aliphatic carbocycles. The number of urea groups is 1. The highest BCUT2D eigenvalue weighted by molar-refractivity contribution is 5.80. The molecule has 2 N–H and O–H groups in total. The molecule has 20 heavy (non-hydrogen) atoms. The van der Waals surface area contributed by atoms with Gasteiger partial charge >= 0.3 is 18.0 Å². The molecular formula is C13H24N2O5. The molecule has 0 rings (SSSR count). The molecule has 7 heteroatoms. The average Bonchev–Trinajstić information content (AvgIpc) is 2.40. The van der Waals surface area contributed by atoms with E-state index in [9.17, 15) is 14.4 Å². The molecule has 0 bridgehead atoms. The maximum Gasteiger partial charge on any atom is 0.325 e. The number of hydrogen-bond donors (Lipinski definition) is 2. The van der Waals surface area contributed by atoms with Crippen LogP contribution in [-0.2, 0) is 14.3 Å². The van der Waals surface area contributed by atoms with Crippen LogP contribution in [0.2, 0.25) is 0 Å². The third-order valence-corrected chi connectivity index (χ3v) is 2.81. The summed E-state index contributed by atoms with van der Waals surface area (Å²) in [6.45, 7) is 6.09. The van der Waals surface area contributed by atoms with Gasteiger partial charge in [-0.15, -0.1) is 0 Å². The molecule has 1 atom stereocenters. The van der Waals surface area contributed by atoms with Crippen molar-refractivity contribution in [1.29, 1.82) is 0 Å². The zero-order chi connectivity index (χ0) is 15.5. The summed E-state index contributed by atoms with van der Waals surface area (Å²) in [5.74, 6) is -1.70. The summed E-state index contributed by atoms with van der Waals surface area (Å²) < 4.78 is 4.78. The smallest absolute Gasteiger partial charge is 0.325 e. The number of esters is 1. The Morgan fingerprint density at radius 2 is 1.95 bits per heavy atom. The zero-order valence-electron chi connectivity index (χ0n) is 12.3. The zero-order valence-corrected chi connectivity index (χ0v) is 12.3. The number of nitrogens with zero attached hydrogens (tertiary/aromatic N) is 1. The molecule has 0 aromatic rings. The molecule has 0 aliphatic heterocycles. The third kappa shape index (κ3) is 7.60. The van der Waals surface area contributed by atoms with Gasteiger partial charge in [-0.25, -0.2) is 4.79 Å². The summed E-state index contributed by atoms with van der Waals surface area (Å²) >= 11 is 0. The number of amides is 2. The molecule has 0 saturated carbocycles. The Morgan fingerprint density at radius 3 is 2.45 bits per heavy atom. The van der Waals surface area contributed by atoms with Crippen LogP contribution in [0, 0.1) is 5.92 Å². The Labute approximate surface area is 119 Å². The van der Waals surface area contributed by atoms with Gasteiger partial charge in [0.1, 0.15) is 6.54 Å². The van der Waals surface area contributed by atoms with E-state index < -0.39 is 17.9 Å². The molecule has 7 nitrogen and oxygen atoms in total. The second-order valence-electron chi connectivity index (χ2n) is 4.43. The van der Waals surface area contributed by atoms with Crippen molar-refractivity contribution in [3.63, 3.8) is 0 Å². The van der Waals surface area contributed by atoms with Crippen molar-refractivity contribution in [2.75, 3.05) is 26.2 Å². The summed E-state index contributed by atoms with van der Waals surface area (Å²) in [5, 5.41) is 11.4. The largest absolute Gasteiger partial charge is 0.481 e. The first-order valence-corrected chi connectivity index (χ1v) is 6.83. The number of carbonyl (C=O) groups is 3. The van der Waals surface area contributed by atoms with Gasteiger partial charge in [-0.1, -0.05) is 6.92 Å². The highest BCUT2D eigenvalue weighted by atomic mass is 16.5. The van der Waals surface area contributed by atoms with Gasteiger partial charge in [-0.3, -0.25) is 9.59 Å². The Bertz CT molecular complexity index is 333. The molecule has 116 valence electrons. The van der Waals surface area contributed by atoms with Crippen LogP contribution >= 0.6 is 0 Å². The molecular weight excluding hydrogens is 264 g/mol. The summed E-state index contributed by atoms with van der Waals surface area (Å²) in [4.78, 5) is 35.0. The Kier molecular flexibility index (Phi) is 9.15.